The Hall–Kier alpha value is -2.70. The van der Waals surface area contributed by atoms with Gasteiger partial charge in [0.25, 0.3) is 17.7 Å². The molecule has 2 aliphatic heterocycles. The summed E-state index contributed by atoms with van der Waals surface area (Å²) in [6, 6.07) is 5.53. The Morgan fingerprint density at radius 1 is 1.15 bits per heavy atom. The van der Waals surface area contributed by atoms with E-state index in [4.69, 9.17) is 4.74 Å². The number of carbonyl (C=O) groups excluding carboxylic acids is 4. The normalized spacial score (nSPS) is 20.4. The van der Waals surface area contributed by atoms with Crippen molar-refractivity contribution in [2.45, 2.75) is 51.6 Å². The van der Waals surface area contributed by atoms with Crippen LogP contribution in [0.15, 0.2) is 24.3 Å². The molecule has 1 saturated heterocycles. The maximum absolute atomic E-state index is 12.4. The molecule has 0 radical (unpaired) electrons. The van der Waals surface area contributed by atoms with Crippen molar-refractivity contribution < 1.29 is 23.9 Å². The monoisotopic (exact) mass is 372 g/mol. The van der Waals surface area contributed by atoms with Crippen molar-refractivity contribution in [1.82, 2.24) is 9.80 Å². The number of ether oxygens (including phenoxy) is 1. The molecule has 1 fully saturated rings. The number of fused-ring (bicyclic) bond motifs is 1. The zero-order chi connectivity index (χ0) is 19.6. The number of amides is 3. The second kappa shape index (κ2) is 7.90. The van der Waals surface area contributed by atoms with Gasteiger partial charge in [0.1, 0.15) is 6.04 Å². The van der Waals surface area contributed by atoms with Crippen LogP contribution in [-0.2, 0) is 14.3 Å². The smallest absolute Gasteiger partial charge is 0.329 e. The van der Waals surface area contributed by atoms with Gasteiger partial charge in [0.05, 0.1) is 11.1 Å². The number of hydrogen-bond donors (Lipinski definition) is 0. The molecule has 1 aromatic carbocycles. The van der Waals surface area contributed by atoms with Gasteiger partial charge in [-0.1, -0.05) is 19.1 Å². The van der Waals surface area contributed by atoms with Crippen LogP contribution in [0.5, 0.6) is 0 Å². The maximum Gasteiger partial charge on any atom is 0.329 e. The highest BCUT2D eigenvalue weighted by Crippen LogP contribution is 2.25. The van der Waals surface area contributed by atoms with Crippen LogP contribution < -0.4 is 0 Å². The number of carbonyl (C=O) groups is 4. The van der Waals surface area contributed by atoms with E-state index in [0.29, 0.717) is 6.54 Å². The fourth-order valence-corrected chi connectivity index (χ4v) is 3.75. The Kier molecular flexibility index (Phi) is 5.58. The van der Waals surface area contributed by atoms with E-state index >= 15 is 0 Å². The van der Waals surface area contributed by atoms with Gasteiger partial charge in [-0.25, -0.2) is 4.79 Å². The molecule has 2 atom stereocenters. The predicted molar refractivity (Wildman–Crippen MR) is 97.0 cm³/mol. The minimum absolute atomic E-state index is 0.179. The van der Waals surface area contributed by atoms with E-state index in [1.165, 1.54) is 6.92 Å². The second-order valence-electron chi connectivity index (χ2n) is 6.95. The lowest BCUT2D eigenvalue weighted by molar-refractivity contribution is -0.156. The maximum atomic E-state index is 12.4. The number of imide groups is 1. The summed E-state index contributed by atoms with van der Waals surface area (Å²) in [4.78, 5) is 52.3. The quantitative estimate of drug-likeness (QED) is 0.583. The molecule has 0 unspecified atom stereocenters. The van der Waals surface area contributed by atoms with Crippen LogP contribution in [0.1, 0.15) is 60.2 Å². The van der Waals surface area contributed by atoms with Gasteiger partial charge in [0.2, 0.25) is 0 Å². The lowest BCUT2D eigenvalue weighted by Crippen LogP contribution is -2.47. The largest absolute Gasteiger partial charge is 0.454 e. The Morgan fingerprint density at radius 2 is 1.78 bits per heavy atom. The highest BCUT2D eigenvalue weighted by atomic mass is 16.5. The van der Waals surface area contributed by atoms with Gasteiger partial charge in [-0.2, -0.15) is 0 Å². The first-order valence-corrected chi connectivity index (χ1v) is 9.38. The first kappa shape index (κ1) is 19.1. The Bertz CT molecular complexity index is 740. The van der Waals surface area contributed by atoms with Crippen LogP contribution in [0, 0.1) is 0 Å². The highest BCUT2D eigenvalue weighted by molar-refractivity contribution is 6.22. The SMILES string of the molecule is CC[C@@H]1CCCCN1C(=O)COC(=O)[C@H](C)N1C(=O)c2ccccc2C1=O. The zero-order valence-corrected chi connectivity index (χ0v) is 15.6. The minimum Gasteiger partial charge on any atom is -0.454 e. The van der Waals surface area contributed by atoms with Crippen molar-refractivity contribution in [2.75, 3.05) is 13.2 Å². The van der Waals surface area contributed by atoms with Gasteiger partial charge in [-0.05, 0) is 44.7 Å². The molecule has 7 nitrogen and oxygen atoms in total. The standard InChI is InChI=1S/C20H24N2O5/c1-3-14-8-6-7-11-21(14)17(23)12-27-20(26)13(2)22-18(24)15-9-4-5-10-16(15)19(22)25/h4-5,9-10,13-14H,3,6-8,11-12H2,1-2H3/t13-,14+/m0/s1. The van der Waals surface area contributed by atoms with E-state index in [1.54, 1.807) is 29.2 Å². The molecule has 3 amide bonds. The van der Waals surface area contributed by atoms with Crippen LogP contribution >= 0.6 is 0 Å². The topological polar surface area (TPSA) is 84.0 Å². The Balaban J connectivity index is 1.61. The first-order chi connectivity index (χ1) is 13.0. The summed E-state index contributed by atoms with van der Waals surface area (Å²) in [5.74, 6) is -2.03. The van der Waals surface area contributed by atoms with Crippen molar-refractivity contribution >= 4 is 23.7 Å². The molecule has 1 aromatic rings. The average Bonchev–Trinajstić information content (AvgIpc) is 2.96. The number of piperidine rings is 1. The molecule has 27 heavy (non-hydrogen) atoms. The van der Waals surface area contributed by atoms with Gasteiger partial charge >= 0.3 is 5.97 Å². The predicted octanol–water partition coefficient (Wildman–Crippen LogP) is 2.01. The summed E-state index contributed by atoms with van der Waals surface area (Å²) in [6.07, 6.45) is 3.87. The molecule has 0 N–H and O–H groups in total. The van der Waals surface area contributed by atoms with Gasteiger partial charge in [-0.3, -0.25) is 19.3 Å². The lowest BCUT2D eigenvalue weighted by Gasteiger charge is -2.35. The van der Waals surface area contributed by atoms with E-state index in [2.05, 4.69) is 0 Å². The van der Waals surface area contributed by atoms with Crippen LogP contribution in [0.3, 0.4) is 0 Å². The van der Waals surface area contributed by atoms with Crippen LogP contribution in [0.25, 0.3) is 0 Å². The average molecular weight is 372 g/mol. The fourth-order valence-electron chi connectivity index (χ4n) is 3.75. The summed E-state index contributed by atoms with van der Waals surface area (Å²) < 4.78 is 5.14. The van der Waals surface area contributed by atoms with E-state index in [0.717, 1.165) is 30.6 Å². The number of esters is 1. The molecule has 2 aliphatic rings. The van der Waals surface area contributed by atoms with Crippen molar-refractivity contribution in [2.24, 2.45) is 0 Å². The molecule has 7 heteroatoms. The van der Waals surface area contributed by atoms with E-state index < -0.39 is 23.8 Å². The third-order valence-corrected chi connectivity index (χ3v) is 5.31. The number of nitrogens with zero attached hydrogens (tertiary/aromatic N) is 2. The van der Waals surface area contributed by atoms with Gasteiger partial charge < -0.3 is 9.64 Å². The number of likely N-dealkylation sites (tertiary alicyclic amines) is 1. The summed E-state index contributed by atoms with van der Waals surface area (Å²) >= 11 is 0. The van der Waals surface area contributed by atoms with Crippen molar-refractivity contribution in [3.63, 3.8) is 0 Å². The number of benzene rings is 1. The fraction of sp³-hybridized carbons (Fsp3) is 0.500. The van der Waals surface area contributed by atoms with Crippen molar-refractivity contribution in [1.29, 1.82) is 0 Å². The molecule has 0 saturated carbocycles. The van der Waals surface area contributed by atoms with Gasteiger partial charge in [-0.15, -0.1) is 0 Å². The number of rotatable bonds is 5. The summed E-state index contributed by atoms with van der Waals surface area (Å²) in [5.41, 5.74) is 0.551. The Labute approximate surface area is 158 Å². The molecule has 0 aliphatic carbocycles. The number of hydrogen-bond acceptors (Lipinski definition) is 5. The van der Waals surface area contributed by atoms with E-state index in [-0.39, 0.29) is 29.7 Å². The molecule has 144 valence electrons. The third kappa shape index (κ3) is 3.59. The minimum atomic E-state index is -1.09. The van der Waals surface area contributed by atoms with Crippen molar-refractivity contribution in [3.05, 3.63) is 35.4 Å². The second-order valence-corrected chi connectivity index (χ2v) is 6.95. The van der Waals surface area contributed by atoms with Crippen LogP contribution in [0.2, 0.25) is 0 Å². The molecule has 0 bridgehead atoms. The third-order valence-electron chi connectivity index (χ3n) is 5.31. The lowest BCUT2D eigenvalue weighted by atomic mass is 10.00. The molecule has 2 heterocycles. The molecule has 3 rings (SSSR count). The van der Waals surface area contributed by atoms with Crippen LogP contribution in [-0.4, -0.2) is 58.7 Å². The van der Waals surface area contributed by atoms with E-state index in [9.17, 15) is 19.2 Å². The van der Waals surface area contributed by atoms with Crippen molar-refractivity contribution in [3.8, 4) is 0 Å². The summed E-state index contributed by atoms with van der Waals surface area (Å²) in [7, 11) is 0. The molecular weight excluding hydrogens is 348 g/mol. The first-order valence-electron chi connectivity index (χ1n) is 9.38. The molecule has 0 spiro atoms. The highest BCUT2D eigenvalue weighted by Gasteiger charge is 2.41. The zero-order valence-electron chi connectivity index (χ0n) is 15.6. The van der Waals surface area contributed by atoms with Gasteiger partial charge in [0, 0.05) is 12.6 Å². The summed E-state index contributed by atoms with van der Waals surface area (Å²) in [6.45, 7) is 3.77. The van der Waals surface area contributed by atoms with Gasteiger partial charge in [0.15, 0.2) is 6.61 Å². The molecular formula is C20H24N2O5. The van der Waals surface area contributed by atoms with Crippen LogP contribution in [0.4, 0.5) is 0 Å². The summed E-state index contributed by atoms with van der Waals surface area (Å²) in [5, 5.41) is 0. The van der Waals surface area contributed by atoms with E-state index in [1.807, 2.05) is 6.92 Å². The molecule has 0 aromatic heterocycles. The Morgan fingerprint density at radius 3 is 2.37 bits per heavy atom.